The third-order valence-electron chi connectivity index (χ3n) is 5.35. The van der Waals surface area contributed by atoms with Gasteiger partial charge in [0.15, 0.2) is 0 Å². The number of carbonyl (C=O) groups is 2. The van der Waals surface area contributed by atoms with Gasteiger partial charge in [-0.1, -0.05) is 30.3 Å². The van der Waals surface area contributed by atoms with Crippen LogP contribution in [0.3, 0.4) is 0 Å². The number of hydrogen-bond acceptors (Lipinski definition) is 5. The van der Waals surface area contributed by atoms with Gasteiger partial charge in [-0.25, -0.2) is 9.59 Å². The van der Waals surface area contributed by atoms with E-state index in [1.807, 2.05) is 37.3 Å². The first kappa shape index (κ1) is 20.4. The number of hydrogen-bond donors (Lipinski definition) is 1. The third-order valence-corrected chi connectivity index (χ3v) is 5.35. The van der Waals surface area contributed by atoms with Crippen molar-refractivity contribution in [3.63, 3.8) is 0 Å². The first-order valence-electron chi connectivity index (χ1n) is 9.99. The molecule has 28 heavy (non-hydrogen) atoms. The van der Waals surface area contributed by atoms with Gasteiger partial charge in [-0.05, 0) is 26.5 Å². The van der Waals surface area contributed by atoms with Crippen LogP contribution in [0.1, 0.15) is 25.5 Å². The molecule has 2 aliphatic rings. The van der Waals surface area contributed by atoms with Crippen LogP contribution in [0, 0.1) is 0 Å². The van der Waals surface area contributed by atoms with Gasteiger partial charge in [-0.3, -0.25) is 9.80 Å². The first-order valence-corrected chi connectivity index (χ1v) is 9.99. The van der Waals surface area contributed by atoms with Crippen molar-refractivity contribution < 1.29 is 14.3 Å². The average Bonchev–Trinajstić information content (AvgIpc) is 2.70. The van der Waals surface area contributed by atoms with Gasteiger partial charge in [-0.2, -0.15) is 0 Å². The zero-order valence-electron chi connectivity index (χ0n) is 17.0. The Morgan fingerprint density at radius 1 is 1.14 bits per heavy atom. The van der Waals surface area contributed by atoms with Crippen LogP contribution in [-0.2, 0) is 9.53 Å². The summed E-state index contributed by atoms with van der Waals surface area (Å²) in [5.41, 5.74) is 2.17. The van der Waals surface area contributed by atoms with E-state index in [9.17, 15) is 9.59 Å². The summed E-state index contributed by atoms with van der Waals surface area (Å²) in [5, 5.41) is 3.00. The Morgan fingerprint density at radius 2 is 1.82 bits per heavy atom. The summed E-state index contributed by atoms with van der Waals surface area (Å²) < 4.78 is 5.40. The van der Waals surface area contributed by atoms with E-state index in [0.717, 1.165) is 37.4 Å². The van der Waals surface area contributed by atoms with Gasteiger partial charge in [-0.15, -0.1) is 0 Å². The fourth-order valence-corrected chi connectivity index (χ4v) is 3.77. The summed E-state index contributed by atoms with van der Waals surface area (Å²) >= 11 is 0. The molecule has 2 aliphatic heterocycles. The molecule has 1 saturated heterocycles. The molecule has 2 heterocycles. The zero-order valence-corrected chi connectivity index (χ0v) is 17.0. The van der Waals surface area contributed by atoms with Crippen molar-refractivity contribution in [1.82, 2.24) is 20.0 Å². The van der Waals surface area contributed by atoms with Crippen molar-refractivity contribution in [2.75, 3.05) is 52.9 Å². The van der Waals surface area contributed by atoms with Crippen LogP contribution in [0.4, 0.5) is 4.79 Å². The molecule has 0 aliphatic carbocycles. The number of carbonyl (C=O) groups excluding carboxylic acids is 2. The van der Waals surface area contributed by atoms with Crippen molar-refractivity contribution in [3.8, 4) is 0 Å². The maximum atomic E-state index is 13.0. The molecule has 1 aromatic carbocycles. The second kappa shape index (κ2) is 9.21. The van der Waals surface area contributed by atoms with Gasteiger partial charge in [0.05, 0.1) is 18.2 Å². The summed E-state index contributed by atoms with van der Waals surface area (Å²) in [5.74, 6) is -0.362. The Hall–Kier alpha value is -2.38. The van der Waals surface area contributed by atoms with Gasteiger partial charge in [0.25, 0.3) is 0 Å². The molecule has 0 unspecified atom stereocenters. The second-order valence-corrected chi connectivity index (χ2v) is 7.20. The van der Waals surface area contributed by atoms with Crippen LogP contribution in [0.25, 0.3) is 0 Å². The highest BCUT2D eigenvalue weighted by Crippen LogP contribution is 2.32. The van der Waals surface area contributed by atoms with E-state index >= 15 is 0 Å². The Labute approximate surface area is 166 Å². The number of amides is 2. The minimum absolute atomic E-state index is 0.173. The number of esters is 1. The molecular weight excluding hydrogens is 356 g/mol. The summed E-state index contributed by atoms with van der Waals surface area (Å²) in [4.78, 5) is 32.1. The van der Waals surface area contributed by atoms with Gasteiger partial charge in [0.2, 0.25) is 0 Å². The highest BCUT2D eigenvalue weighted by atomic mass is 16.5. The number of piperazine rings is 1. The van der Waals surface area contributed by atoms with Crippen LogP contribution in [0.5, 0.6) is 0 Å². The second-order valence-electron chi connectivity index (χ2n) is 7.20. The van der Waals surface area contributed by atoms with Crippen LogP contribution in [0.15, 0.2) is 41.6 Å². The van der Waals surface area contributed by atoms with Crippen LogP contribution in [-0.4, -0.2) is 79.6 Å². The number of likely N-dealkylation sites (N-methyl/N-ethyl adjacent to an activating group) is 2. The topological polar surface area (TPSA) is 65.1 Å². The summed E-state index contributed by atoms with van der Waals surface area (Å²) in [6, 6.07) is 8.93. The summed E-state index contributed by atoms with van der Waals surface area (Å²) in [6.07, 6.45) is 0. The van der Waals surface area contributed by atoms with Crippen molar-refractivity contribution in [2.45, 2.75) is 19.9 Å². The number of ether oxygens (including phenoxy) is 1. The molecule has 7 heteroatoms. The predicted molar refractivity (Wildman–Crippen MR) is 108 cm³/mol. The molecule has 0 saturated carbocycles. The minimum atomic E-state index is -0.502. The Bertz CT molecular complexity index is 726. The minimum Gasteiger partial charge on any atom is -0.463 e. The quantitative estimate of drug-likeness (QED) is 0.756. The molecule has 152 valence electrons. The number of urea groups is 1. The lowest BCUT2D eigenvalue weighted by molar-refractivity contribution is -0.139. The van der Waals surface area contributed by atoms with E-state index in [1.54, 1.807) is 11.8 Å². The Morgan fingerprint density at radius 3 is 2.43 bits per heavy atom. The lowest BCUT2D eigenvalue weighted by atomic mass is 9.94. The molecule has 7 nitrogen and oxygen atoms in total. The standard InChI is InChI=1S/C21H30N4O3/c1-4-25-17(15-24-13-11-23(3)12-14-24)18(20(26)28-5-2)19(22-21(25)27)16-9-7-6-8-10-16/h6-10,19H,4-5,11-15H2,1-3H3,(H,22,27)/t19-/m0/s1. The van der Waals surface area contributed by atoms with E-state index in [-0.39, 0.29) is 12.0 Å². The maximum Gasteiger partial charge on any atom is 0.338 e. The summed E-state index contributed by atoms with van der Waals surface area (Å²) in [7, 11) is 2.11. The van der Waals surface area contributed by atoms with Crippen molar-refractivity contribution in [2.24, 2.45) is 0 Å². The monoisotopic (exact) mass is 386 g/mol. The molecule has 0 bridgehead atoms. The normalized spacial score (nSPS) is 21.6. The maximum absolute atomic E-state index is 13.0. The van der Waals surface area contributed by atoms with Crippen LogP contribution >= 0.6 is 0 Å². The zero-order chi connectivity index (χ0) is 20.1. The third kappa shape index (κ3) is 4.36. The van der Waals surface area contributed by atoms with Crippen LogP contribution < -0.4 is 5.32 Å². The molecule has 0 spiro atoms. The van der Waals surface area contributed by atoms with Crippen molar-refractivity contribution in [3.05, 3.63) is 47.2 Å². The molecule has 1 atom stereocenters. The Balaban J connectivity index is 2.03. The smallest absolute Gasteiger partial charge is 0.338 e. The molecule has 1 aromatic rings. The number of nitrogens with zero attached hydrogens (tertiary/aromatic N) is 3. The van der Waals surface area contributed by atoms with Gasteiger partial charge in [0, 0.05) is 45.0 Å². The van der Waals surface area contributed by atoms with E-state index in [1.165, 1.54) is 0 Å². The Kier molecular flexibility index (Phi) is 6.70. The molecule has 3 rings (SSSR count). The molecule has 1 N–H and O–H groups in total. The highest BCUT2D eigenvalue weighted by Gasteiger charge is 2.38. The SMILES string of the molecule is CCOC(=O)C1=C(CN2CCN(C)CC2)N(CC)C(=O)N[C@H]1c1ccccc1. The fraction of sp³-hybridized carbons (Fsp3) is 0.524. The van der Waals surface area contributed by atoms with E-state index in [2.05, 4.69) is 22.2 Å². The number of benzene rings is 1. The number of rotatable bonds is 6. The van der Waals surface area contributed by atoms with Crippen LogP contribution in [0.2, 0.25) is 0 Å². The van der Waals surface area contributed by atoms with Gasteiger partial charge in [0.1, 0.15) is 0 Å². The molecule has 1 fully saturated rings. The van der Waals surface area contributed by atoms with E-state index in [0.29, 0.717) is 25.3 Å². The van der Waals surface area contributed by atoms with Gasteiger partial charge < -0.3 is 15.0 Å². The average molecular weight is 386 g/mol. The lowest BCUT2D eigenvalue weighted by Gasteiger charge is -2.40. The molecule has 0 radical (unpaired) electrons. The number of nitrogens with one attached hydrogen (secondary N) is 1. The molecule has 0 aromatic heterocycles. The molecule has 2 amide bonds. The highest BCUT2D eigenvalue weighted by molar-refractivity contribution is 5.95. The van der Waals surface area contributed by atoms with E-state index in [4.69, 9.17) is 4.74 Å². The largest absolute Gasteiger partial charge is 0.463 e. The predicted octanol–water partition coefficient (Wildman–Crippen LogP) is 1.84. The lowest BCUT2D eigenvalue weighted by Crippen LogP contribution is -2.52. The van der Waals surface area contributed by atoms with Crippen molar-refractivity contribution >= 4 is 12.0 Å². The first-order chi connectivity index (χ1) is 13.5. The van der Waals surface area contributed by atoms with Crippen molar-refractivity contribution in [1.29, 1.82) is 0 Å². The molecular formula is C21H30N4O3. The fourth-order valence-electron chi connectivity index (χ4n) is 3.77. The van der Waals surface area contributed by atoms with Gasteiger partial charge >= 0.3 is 12.0 Å². The summed E-state index contributed by atoms with van der Waals surface area (Å²) in [6.45, 7) is 8.85. The van der Waals surface area contributed by atoms with E-state index < -0.39 is 6.04 Å².